The first kappa shape index (κ1) is 15.1. The third-order valence-electron chi connectivity index (χ3n) is 2.97. The molecule has 1 amide bonds. The molecule has 0 saturated carbocycles. The lowest BCUT2D eigenvalue weighted by Crippen LogP contribution is -2.28. The Hall–Kier alpha value is -2.25. The van der Waals surface area contributed by atoms with Gasteiger partial charge in [-0.2, -0.15) is 4.98 Å². The van der Waals surface area contributed by atoms with Gasteiger partial charge in [-0.1, -0.05) is 35.5 Å². The minimum atomic E-state index is -0.330. The number of amides is 1. The largest absolute Gasteiger partial charge is 0.370 e. The molecule has 0 unspecified atom stereocenters. The Balaban J connectivity index is 2.02. The van der Waals surface area contributed by atoms with Crippen LogP contribution in [0.4, 0.5) is 0 Å². The molecule has 0 atom stereocenters. The Morgan fingerprint density at radius 1 is 1.24 bits per heavy atom. The van der Waals surface area contributed by atoms with Crippen molar-refractivity contribution in [2.75, 3.05) is 6.54 Å². The molecule has 2 rings (SSSR count). The van der Waals surface area contributed by atoms with Crippen LogP contribution in [0.15, 0.2) is 34.9 Å². The van der Waals surface area contributed by atoms with Gasteiger partial charge in [0.2, 0.25) is 11.8 Å². The average molecular weight is 289 g/mol. The van der Waals surface area contributed by atoms with Crippen molar-refractivity contribution in [1.29, 1.82) is 0 Å². The van der Waals surface area contributed by atoms with Crippen molar-refractivity contribution in [2.24, 2.45) is 11.5 Å². The summed E-state index contributed by atoms with van der Waals surface area (Å²) in [4.78, 5) is 17.2. The van der Waals surface area contributed by atoms with E-state index in [0.29, 0.717) is 31.3 Å². The van der Waals surface area contributed by atoms with Crippen molar-refractivity contribution in [3.63, 3.8) is 0 Å². The van der Waals surface area contributed by atoms with E-state index in [1.165, 1.54) is 0 Å². The molecule has 0 aliphatic rings. The molecule has 1 aromatic heterocycles. The molecule has 0 bridgehead atoms. The highest BCUT2D eigenvalue weighted by molar-refractivity contribution is 5.73. The van der Waals surface area contributed by atoms with Crippen molar-refractivity contribution < 1.29 is 9.32 Å². The van der Waals surface area contributed by atoms with Crippen molar-refractivity contribution in [2.45, 2.75) is 26.1 Å². The van der Waals surface area contributed by atoms with E-state index in [1.54, 1.807) is 0 Å². The zero-order valence-electron chi connectivity index (χ0n) is 11.7. The number of nitrogens with zero attached hydrogens (tertiary/aromatic N) is 3. The van der Waals surface area contributed by atoms with Gasteiger partial charge in [0.15, 0.2) is 5.82 Å². The van der Waals surface area contributed by atoms with Crippen LogP contribution < -0.4 is 11.5 Å². The maximum atomic E-state index is 11.0. The van der Waals surface area contributed by atoms with E-state index in [1.807, 2.05) is 35.2 Å². The number of rotatable bonds is 8. The van der Waals surface area contributed by atoms with Gasteiger partial charge < -0.3 is 16.0 Å². The van der Waals surface area contributed by atoms with Crippen LogP contribution in [0.3, 0.4) is 0 Å². The van der Waals surface area contributed by atoms with Crippen molar-refractivity contribution in [1.82, 2.24) is 15.0 Å². The number of carbonyl (C=O) groups excluding carboxylic acids is 1. The normalized spacial score (nSPS) is 11.0. The highest BCUT2D eigenvalue weighted by atomic mass is 16.5. The van der Waals surface area contributed by atoms with Gasteiger partial charge in [-0.05, 0) is 5.56 Å². The van der Waals surface area contributed by atoms with Crippen LogP contribution in [0.1, 0.15) is 23.7 Å². The summed E-state index contributed by atoms with van der Waals surface area (Å²) >= 11 is 0. The van der Waals surface area contributed by atoms with Gasteiger partial charge in [-0.3, -0.25) is 9.69 Å². The van der Waals surface area contributed by atoms with Gasteiger partial charge in [0.25, 0.3) is 0 Å². The van der Waals surface area contributed by atoms with Crippen LogP contribution in [0.5, 0.6) is 0 Å². The number of primary amides is 1. The van der Waals surface area contributed by atoms with E-state index in [2.05, 4.69) is 10.1 Å². The number of aromatic nitrogens is 2. The van der Waals surface area contributed by atoms with Gasteiger partial charge in [-0.25, -0.2) is 0 Å². The van der Waals surface area contributed by atoms with E-state index < -0.39 is 0 Å². The molecule has 1 heterocycles. The smallest absolute Gasteiger partial charge is 0.240 e. The first-order valence-corrected chi connectivity index (χ1v) is 6.73. The topological polar surface area (TPSA) is 111 Å². The van der Waals surface area contributed by atoms with Crippen LogP contribution in [0.25, 0.3) is 0 Å². The number of carbonyl (C=O) groups is 1. The molecule has 0 aliphatic heterocycles. The average Bonchev–Trinajstić information content (AvgIpc) is 2.93. The number of benzene rings is 1. The number of hydrogen-bond donors (Lipinski definition) is 2. The van der Waals surface area contributed by atoms with Gasteiger partial charge in [0.1, 0.15) is 0 Å². The Morgan fingerprint density at radius 3 is 2.62 bits per heavy atom. The summed E-state index contributed by atoms with van der Waals surface area (Å²) in [6, 6.07) is 9.96. The molecule has 1 aromatic carbocycles. The van der Waals surface area contributed by atoms with E-state index in [-0.39, 0.29) is 18.9 Å². The standard InChI is InChI=1S/C14H19N5O2/c15-8-14-17-13(18-21-14)10-19(7-6-12(16)20)9-11-4-2-1-3-5-11/h1-5H,6-10,15H2,(H2,16,20). The molecule has 2 aromatic rings. The van der Waals surface area contributed by atoms with E-state index in [9.17, 15) is 4.79 Å². The van der Waals surface area contributed by atoms with Crippen LogP contribution in [0.2, 0.25) is 0 Å². The maximum absolute atomic E-state index is 11.0. The molecular formula is C14H19N5O2. The molecule has 4 N–H and O–H groups in total. The monoisotopic (exact) mass is 289 g/mol. The highest BCUT2D eigenvalue weighted by Gasteiger charge is 2.12. The summed E-state index contributed by atoms with van der Waals surface area (Å²) < 4.78 is 4.99. The Morgan fingerprint density at radius 2 is 2.00 bits per heavy atom. The fourth-order valence-electron chi connectivity index (χ4n) is 1.96. The van der Waals surface area contributed by atoms with Crippen molar-refractivity contribution >= 4 is 5.91 Å². The molecular weight excluding hydrogens is 270 g/mol. The van der Waals surface area contributed by atoms with Crippen LogP contribution in [-0.4, -0.2) is 27.5 Å². The van der Waals surface area contributed by atoms with Crippen LogP contribution in [-0.2, 0) is 24.4 Å². The van der Waals surface area contributed by atoms with Crippen molar-refractivity contribution in [3.8, 4) is 0 Å². The number of nitrogens with two attached hydrogens (primary N) is 2. The fraction of sp³-hybridized carbons (Fsp3) is 0.357. The second kappa shape index (κ2) is 7.51. The molecule has 0 fully saturated rings. The minimum absolute atomic E-state index is 0.215. The van der Waals surface area contributed by atoms with Crippen LogP contribution in [0, 0.1) is 0 Å². The first-order valence-electron chi connectivity index (χ1n) is 6.73. The summed E-state index contributed by atoms with van der Waals surface area (Å²) in [6.45, 7) is 1.91. The summed E-state index contributed by atoms with van der Waals surface area (Å²) in [5.41, 5.74) is 11.8. The third-order valence-corrected chi connectivity index (χ3v) is 2.97. The number of hydrogen-bond acceptors (Lipinski definition) is 6. The van der Waals surface area contributed by atoms with Gasteiger partial charge in [0.05, 0.1) is 13.1 Å². The minimum Gasteiger partial charge on any atom is -0.370 e. The van der Waals surface area contributed by atoms with Gasteiger partial charge in [0, 0.05) is 19.5 Å². The second-order valence-electron chi connectivity index (χ2n) is 4.72. The fourth-order valence-corrected chi connectivity index (χ4v) is 1.96. The lowest BCUT2D eigenvalue weighted by Gasteiger charge is -2.20. The zero-order valence-corrected chi connectivity index (χ0v) is 11.7. The molecule has 0 spiro atoms. The Bertz CT molecular complexity index is 570. The predicted octanol–water partition coefficient (Wildman–Crippen LogP) is 0.406. The molecule has 112 valence electrons. The summed E-state index contributed by atoms with van der Waals surface area (Å²) in [7, 11) is 0. The summed E-state index contributed by atoms with van der Waals surface area (Å²) in [5.74, 6) is 0.624. The third kappa shape index (κ3) is 4.97. The molecule has 21 heavy (non-hydrogen) atoms. The molecule has 0 aliphatic carbocycles. The summed E-state index contributed by atoms with van der Waals surface area (Å²) in [5, 5.41) is 3.87. The molecule has 0 radical (unpaired) electrons. The van der Waals surface area contributed by atoms with Gasteiger partial charge >= 0.3 is 0 Å². The second-order valence-corrected chi connectivity index (χ2v) is 4.72. The lowest BCUT2D eigenvalue weighted by molar-refractivity contribution is -0.118. The molecule has 7 heteroatoms. The first-order chi connectivity index (χ1) is 10.2. The predicted molar refractivity (Wildman–Crippen MR) is 76.6 cm³/mol. The summed E-state index contributed by atoms with van der Waals surface area (Å²) in [6.07, 6.45) is 0.286. The SMILES string of the molecule is NCc1nc(CN(CCC(N)=O)Cc2ccccc2)no1. The highest BCUT2D eigenvalue weighted by Crippen LogP contribution is 2.09. The Kier molecular flexibility index (Phi) is 5.42. The van der Waals surface area contributed by atoms with Gasteiger partial charge in [-0.15, -0.1) is 0 Å². The zero-order chi connectivity index (χ0) is 15.1. The van der Waals surface area contributed by atoms with E-state index in [0.717, 1.165) is 5.56 Å². The lowest BCUT2D eigenvalue weighted by atomic mass is 10.2. The molecule has 7 nitrogen and oxygen atoms in total. The van der Waals surface area contributed by atoms with Crippen LogP contribution >= 0.6 is 0 Å². The van der Waals surface area contributed by atoms with E-state index >= 15 is 0 Å². The Labute approximate surface area is 122 Å². The van der Waals surface area contributed by atoms with E-state index in [4.69, 9.17) is 16.0 Å². The van der Waals surface area contributed by atoms with Crippen molar-refractivity contribution in [3.05, 3.63) is 47.6 Å². The molecule has 0 saturated heterocycles. The quantitative estimate of drug-likeness (QED) is 0.728. The maximum Gasteiger partial charge on any atom is 0.240 e.